The molecule has 35 heavy (non-hydrogen) atoms. The molecule has 2 saturated carbocycles. The minimum absolute atomic E-state index is 0.0121. The van der Waals surface area contributed by atoms with E-state index in [-0.39, 0.29) is 29.1 Å². The molecule has 2 fully saturated rings. The Morgan fingerprint density at radius 2 is 1.71 bits per heavy atom. The molecule has 0 radical (unpaired) electrons. The predicted octanol–water partition coefficient (Wildman–Crippen LogP) is 8.84. The lowest BCUT2D eigenvalue weighted by atomic mass is 9.66. The van der Waals surface area contributed by atoms with E-state index in [1.807, 2.05) is 0 Å². The minimum atomic E-state index is -0.701. The fourth-order valence-electron chi connectivity index (χ4n) is 7.22. The lowest BCUT2D eigenvalue weighted by molar-refractivity contribution is -0.137. The van der Waals surface area contributed by atoms with Crippen LogP contribution >= 0.6 is 0 Å². The van der Waals surface area contributed by atoms with Crippen LogP contribution in [0.1, 0.15) is 125 Å². The van der Waals surface area contributed by atoms with E-state index in [9.17, 15) is 14.7 Å². The van der Waals surface area contributed by atoms with Crippen molar-refractivity contribution in [3.8, 4) is 0 Å². The van der Waals surface area contributed by atoms with Crippen molar-refractivity contribution in [2.45, 2.75) is 125 Å². The number of carboxylic acids is 1. The monoisotopic (exact) mass is 482 g/mol. The molecule has 0 amide bonds. The average molecular weight is 483 g/mol. The van der Waals surface area contributed by atoms with E-state index in [0.717, 1.165) is 37.7 Å². The number of unbranched alkanes of at least 4 members (excludes halogenated alkanes) is 7. The van der Waals surface area contributed by atoms with E-state index in [1.54, 1.807) is 0 Å². The summed E-state index contributed by atoms with van der Waals surface area (Å²) in [5.41, 5.74) is 3.62. The van der Waals surface area contributed by atoms with Gasteiger partial charge < -0.3 is 5.11 Å². The molecule has 0 aromatic heterocycles. The van der Waals surface area contributed by atoms with Crippen LogP contribution in [0.5, 0.6) is 0 Å². The number of hydrogen-bond acceptors (Lipinski definition) is 2. The Balaban J connectivity index is 1.73. The molecule has 0 aromatic carbocycles. The van der Waals surface area contributed by atoms with Crippen LogP contribution in [0, 0.1) is 28.6 Å². The standard InChI is InChI=1S/C32H50O3/c1-6-7-8-9-10-11-12-13-16-24(18-19-27(33)34)22-25-17-14-15-23(2)28(25)29-30(35)26-20-21-32(29,5)31(26,3)4/h14-15,17,23-24,26H,6-13,16,18-22H2,1-5H3,(H,33,34). The summed E-state index contributed by atoms with van der Waals surface area (Å²) in [7, 11) is 0. The highest BCUT2D eigenvalue weighted by Crippen LogP contribution is 2.67. The van der Waals surface area contributed by atoms with Gasteiger partial charge in [-0.1, -0.05) is 111 Å². The summed E-state index contributed by atoms with van der Waals surface area (Å²) in [5, 5.41) is 9.37. The minimum Gasteiger partial charge on any atom is -0.481 e. The zero-order chi connectivity index (χ0) is 25.6. The topological polar surface area (TPSA) is 54.4 Å². The van der Waals surface area contributed by atoms with Gasteiger partial charge in [-0.25, -0.2) is 0 Å². The molecular weight excluding hydrogens is 432 g/mol. The van der Waals surface area contributed by atoms with E-state index in [4.69, 9.17) is 0 Å². The Hall–Kier alpha value is -1.64. The maximum Gasteiger partial charge on any atom is 0.303 e. The third-order valence-corrected chi connectivity index (χ3v) is 9.85. The smallest absolute Gasteiger partial charge is 0.303 e. The Bertz CT molecular complexity index is 858. The first-order valence-electron chi connectivity index (χ1n) is 14.5. The molecule has 0 aliphatic heterocycles. The van der Waals surface area contributed by atoms with E-state index >= 15 is 0 Å². The van der Waals surface area contributed by atoms with Crippen molar-refractivity contribution in [1.82, 2.24) is 0 Å². The summed E-state index contributed by atoms with van der Waals surface area (Å²) >= 11 is 0. The molecular formula is C32H50O3. The van der Waals surface area contributed by atoms with Crippen molar-refractivity contribution in [3.63, 3.8) is 0 Å². The van der Waals surface area contributed by atoms with Gasteiger partial charge in [-0.15, -0.1) is 0 Å². The van der Waals surface area contributed by atoms with Crippen molar-refractivity contribution >= 4 is 11.8 Å². The number of ketones is 1. The molecule has 4 atom stereocenters. The number of allylic oxidation sites excluding steroid dienone is 6. The molecule has 0 spiro atoms. The highest BCUT2D eigenvalue weighted by Gasteiger charge is 2.64. The number of hydrogen-bond donors (Lipinski definition) is 1. The van der Waals surface area contributed by atoms with Gasteiger partial charge in [0.25, 0.3) is 0 Å². The lowest BCUT2D eigenvalue weighted by Crippen LogP contribution is -2.30. The van der Waals surface area contributed by atoms with E-state index in [2.05, 4.69) is 52.8 Å². The van der Waals surface area contributed by atoms with Crippen molar-refractivity contribution in [1.29, 1.82) is 0 Å². The second kappa shape index (κ2) is 12.1. The molecule has 1 N–H and O–H groups in total. The van der Waals surface area contributed by atoms with Gasteiger partial charge in [-0.05, 0) is 54.1 Å². The van der Waals surface area contributed by atoms with E-state index in [0.29, 0.717) is 11.7 Å². The molecule has 3 nitrogen and oxygen atoms in total. The summed E-state index contributed by atoms with van der Waals surface area (Å²) in [6.07, 6.45) is 22.0. The van der Waals surface area contributed by atoms with E-state index in [1.165, 1.54) is 62.5 Å². The highest BCUT2D eigenvalue weighted by atomic mass is 16.4. The molecule has 196 valence electrons. The molecule has 0 aromatic rings. The average Bonchev–Trinajstić information content (AvgIpc) is 3.11. The Kier molecular flexibility index (Phi) is 9.63. The third kappa shape index (κ3) is 6.03. The van der Waals surface area contributed by atoms with Gasteiger partial charge >= 0.3 is 5.97 Å². The molecule has 0 saturated heterocycles. The Morgan fingerprint density at radius 1 is 1.06 bits per heavy atom. The van der Waals surface area contributed by atoms with Crippen LogP contribution in [-0.2, 0) is 9.59 Å². The predicted molar refractivity (Wildman–Crippen MR) is 145 cm³/mol. The van der Waals surface area contributed by atoms with Crippen molar-refractivity contribution in [2.24, 2.45) is 28.6 Å². The maximum atomic E-state index is 13.6. The molecule has 3 aliphatic rings. The fourth-order valence-corrected chi connectivity index (χ4v) is 7.22. The van der Waals surface area contributed by atoms with E-state index < -0.39 is 5.97 Å². The van der Waals surface area contributed by atoms with Crippen molar-refractivity contribution < 1.29 is 14.7 Å². The first-order valence-corrected chi connectivity index (χ1v) is 14.5. The first-order chi connectivity index (χ1) is 16.6. The van der Waals surface area contributed by atoms with Gasteiger partial charge in [0.05, 0.1) is 0 Å². The summed E-state index contributed by atoms with van der Waals surface area (Å²) < 4.78 is 0. The van der Waals surface area contributed by atoms with Crippen LogP contribution in [0.3, 0.4) is 0 Å². The molecule has 3 aliphatic carbocycles. The van der Waals surface area contributed by atoms with Gasteiger partial charge in [0, 0.05) is 23.3 Å². The van der Waals surface area contributed by atoms with Crippen LogP contribution < -0.4 is 0 Å². The molecule has 3 rings (SSSR count). The van der Waals surface area contributed by atoms with Gasteiger partial charge in [-0.3, -0.25) is 9.59 Å². The SMILES string of the molecule is CCCCCCCCCCC(CCC(=O)O)CC1=CC=CC(C)C1=C1C(=O)C2CCC1(C)C2(C)C. The molecule has 4 unspecified atom stereocenters. The second-order valence-electron chi connectivity index (χ2n) is 12.4. The number of aliphatic carboxylic acids is 1. The summed E-state index contributed by atoms with van der Waals surface area (Å²) in [5.74, 6) is 0.435. The number of carboxylic acid groups (broad SMARTS) is 1. The quantitative estimate of drug-likeness (QED) is 0.199. The second-order valence-corrected chi connectivity index (χ2v) is 12.4. The Labute approximate surface area is 214 Å². The van der Waals surface area contributed by atoms with Crippen LogP contribution in [0.15, 0.2) is 34.9 Å². The number of rotatable bonds is 14. The number of carbonyl (C=O) groups excluding carboxylic acids is 1. The first kappa shape index (κ1) is 27.9. The summed E-state index contributed by atoms with van der Waals surface area (Å²) in [6.45, 7) is 11.4. The normalized spacial score (nSPS) is 30.1. The van der Waals surface area contributed by atoms with Crippen LogP contribution in [0.2, 0.25) is 0 Å². The molecule has 3 heteroatoms. The van der Waals surface area contributed by atoms with Crippen molar-refractivity contribution in [2.75, 3.05) is 0 Å². The van der Waals surface area contributed by atoms with Gasteiger partial charge in [0.2, 0.25) is 0 Å². The van der Waals surface area contributed by atoms with Crippen LogP contribution in [0.4, 0.5) is 0 Å². The zero-order valence-electron chi connectivity index (χ0n) is 23.1. The third-order valence-electron chi connectivity index (χ3n) is 9.85. The van der Waals surface area contributed by atoms with Gasteiger partial charge in [0.1, 0.15) is 0 Å². The van der Waals surface area contributed by atoms with Gasteiger partial charge in [-0.2, -0.15) is 0 Å². The zero-order valence-corrected chi connectivity index (χ0v) is 23.1. The number of fused-ring (bicyclic) bond motifs is 2. The molecule has 0 heterocycles. The summed E-state index contributed by atoms with van der Waals surface area (Å²) in [4.78, 5) is 25.0. The largest absolute Gasteiger partial charge is 0.481 e. The van der Waals surface area contributed by atoms with Crippen molar-refractivity contribution in [3.05, 3.63) is 34.9 Å². The van der Waals surface area contributed by atoms with Gasteiger partial charge in [0.15, 0.2) is 5.78 Å². The maximum absolute atomic E-state index is 13.6. The number of Topliss-reactive ketones (excluding diaryl/α,β-unsaturated/α-hetero) is 1. The van der Waals surface area contributed by atoms with Crippen LogP contribution in [0.25, 0.3) is 0 Å². The number of carbonyl (C=O) groups is 2. The fraction of sp³-hybridized carbons (Fsp3) is 0.750. The molecule has 2 bridgehead atoms. The van der Waals surface area contributed by atoms with Crippen LogP contribution in [-0.4, -0.2) is 16.9 Å². The highest BCUT2D eigenvalue weighted by molar-refractivity contribution is 6.04. The Morgan fingerprint density at radius 3 is 2.31 bits per heavy atom. The lowest BCUT2D eigenvalue weighted by Gasteiger charge is -2.37. The summed E-state index contributed by atoms with van der Waals surface area (Å²) in [6, 6.07) is 0.